The molecule has 2 aromatic heterocycles. The lowest BCUT2D eigenvalue weighted by Crippen LogP contribution is -1.99. The molecule has 2 rings (SSSR count). The zero-order valence-electron chi connectivity index (χ0n) is 6.75. The van der Waals surface area contributed by atoms with E-state index in [1.165, 1.54) is 12.4 Å². The van der Waals surface area contributed by atoms with Gasteiger partial charge in [-0.05, 0) is 0 Å². The fraction of sp³-hybridized carbons (Fsp3) is 0. The Morgan fingerprint density at radius 3 is 3.07 bits per heavy atom. The SMILES string of the molecule is N#Cc1cnc2nc(C(=O)O)nn2c1. The van der Waals surface area contributed by atoms with E-state index in [0.717, 1.165) is 4.52 Å². The number of aromatic carboxylic acids is 1. The normalized spacial score (nSPS) is 9.93. The number of carboxylic acid groups (broad SMARTS) is 1. The van der Waals surface area contributed by atoms with E-state index >= 15 is 0 Å². The summed E-state index contributed by atoms with van der Waals surface area (Å²) < 4.78 is 1.15. The van der Waals surface area contributed by atoms with Crippen molar-refractivity contribution in [2.24, 2.45) is 0 Å². The second-order valence-corrected chi connectivity index (χ2v) is 2.44. The number of nitrogens with zero attached hydrogens (tertiary/aromatic N) is 5. The van der Waals surface area contributed by atoms with Crippen molar-refractivity contribution in [2.45, 2.75) is 0 Å². The second-order valence-electron chi connectivity index (χ2n) is 2.44. The molecule has 2 aromatic rings. The lowest BCUT2D eigenvalue weighted by molar-refractivity contribution is 0.0684. The van der Waals surface area contributed by atoms with Crippen molar-refractivity contribution >= 4 is 11.7 Å². The van der Waals surface area contributed by atoms with Gasteiger partial charge in [-0.2, -0.15) is 10.2 Å². The molecule has 7 heteroatoms. The summed E-state index contributed by atoms with van der Waals surface area (Å²) in [7, 11) is 0. The van der Waals surface area contributed by atoms with Crippen LogP contribution in [0, 0.1) is 11.3 Å². The first-order valence-corrected chi connectivity index (χ1v) is 3.56. The number of hydrogen-bond acceptors (Lipinski definition) is 5. The lowest BCUT2D eigenvalue weighted by atomic mass is 10.4. The van der Waals surface area contributed by atoms with Crippen LogP contribution in [-0.2, 0) is 0 Å². The van der Waals surface area contributed by atoms with Gasteiger partial charge in [-0.3, -0.25) is 0 Å². The maximum absolute atomic E-state index is 10.5. The van der Waals surface area contributed by atoms with Gasteiger partial charge in [0.2, 0.25) is 0 Å². The van der Waals surface area contributed by atoms with Gasteiger partial charge in [-0.25, -0.2) is 14.3 Å². The minimum atomic E-state index is -1.23. The minimum absolute atomic E-state index is 0.154. The molecule has 2 heterocycles. The molecule has 68 valence electrons. The van der Waals surface area contributed by atoms with Crippen LogP contribution in [0.15, 0.2) is 12.4 Å². The smallest absolute Gasteiger partial charge is 0.375 e. The van der Waals surface area contributed by atoms with Crippen LogP contribution in [0.2, 0.25) is 0 Å². The summed E-state index contributed by atoms with van der Waals surface area (Å²) in [6, 6.07) is 1.86. The molecule has 1 N–H and O–H groups in total. The van der Waals surface area contributed by atoms with Crippen LogP contribution in [0.4, 0.5) is 0 Å². The Morgan fingerprint density at radius 1 is 1.64 bits per heavy atom. The molecular formula is C7H3N5O2. The van der Waals surface area contributed by atoms with E-state index in [4.69, 9.17) is 10.4 Å². The van der Waals surface area contributed by atoms with Gasteiger partial charge >= 0.3 is 5.97 Å². The Morgan fingerprint density at radius 2 is 2.43 bits per heavy atom. The molecule has 0 aliphatic rings. The molecule has 0 amide bonds. The van der Waals surface area contributed by atoms with Gasteiger partial charge in [0.1, 0.15) is 6.07 Å². The Bertz CT molecular complexity index is 553. The van der Waals surface area contributed by atoms with Gasteiger partial charge in [0.15, 0.2) is 0 Å². The van der Waals surface area contributed by atoms with Crippen LogP contribution < -0.4 is 0 Å². The highest BCUT2D eigenvalue weighted by Gasteiger charge is 2.11. The fourth-order valence-electron chi connectivity index (χ4n) is 0.930. The Labute approximate surface area is 77.3 Å². The summed E-state index contributed by atoms with van der Waals surface area (Å²) in [5.74, 6) is -1.41. The standard InChI is InChI=1S/C7H3N5O2/c8-1-4-2-9-7-10-5(6(13)14)11-12(7)3-4/h2-3H,(H,13,14). The summed E-state index contributed by atoms with van der Waals surface area (Å²) in [6.45, 7) is 0. The molecule has 0 aromatic carbocycles. The molecule has 0 radical (unpaired) electrons. The van der Waals surface area contributed by atoms with Gasteiger partial charge < -0.3 is 5.11 Å². The third-order valence-corrected chi connectivity index (χ3v) is 1.51. The molecule has 0 atom stereocenters. The van der Waals surface area contributed by atoms with Crippen molar-refractivity contribution in [3.63, 3.8) is 0 Å². The van der Waals surface area contributed by atoms with E-state index in [1.54, 1.807) is 0 Å². The maximum atomic E-state index is 10.5. The number of nitriles is 1. The van der Waals surface area contributed by atoms with Gasteiger partial charge in [0.25, 0.3) is 11.6 Å². The molecule has 0 unspecified atom stereocenters. The van der Waals surface area contributed by atoms with Crippen molar-refractivity contribution in [1.82, 2.24) is 19.6 Å². The Balaban J connectivity index is 2.67. The molecule has 0 aliphatic carbocycles. The summed E-state index contributed by atoms with van der Waals surface area (Å²) in [4.78, 5) is 17.9. The minimum Gasteiger partial charge on any atom is -0.475 e. The van der Waals surface area contributed by atoms with E-state index in [2.05, 4.69) is 15.1 Å². The van der Waals surface area contributed by atoms with Crippen LogP contribution in [0.3, 0.4) is 0 Å². The molecule has 0 fully saturated rings. The van der Waals surface area contributed by atoms with Crippen molar-refractivity contribution in [1.29, 1.82) is 5.26 Å². The van der Waals surface area contributed by atoms with Gasteiger partial charge in [-0.15, -0.1) is 5.10 Å². The third kappa shape index (κ3) is 1.15. The summed E-state index contributed by atoms with van der Waals surface area (Å²) in [6.07, 6.45) is 2.66. The van der Waals surface area contributed by atoms with Crippen LogP contribution >= 0.6 is 0 Å². The second kappa shape index (κ2) is 2.77. The number of fused-ring (bicyclic) bond motifs is 1. The summed E-state index contributed by atoms with van der Waals surface area (Å²) in [5.41, 5.74) is 0.291. The topological polar surface area (TPSA) is 104 Å². The monoisotopic (exact) mass is 189 g/mol. The maximum Gasteiger partial charge on any atom is 0.375 e. The molecular weight excluding hydrogens is 186 g/mol. The van der Waals surface area contributed by atoms with Crippen molar-refractivity contribution in [3.05, 3.63) is 23.8 Å². The van der Waals surface area contributed by atoms with Crippen LogP contribution in [0.25, 0.3) is 5.78 Å². The van der Waals surface area contributed by atoms with Crippen molar-refractivity contribution in [2.75, 3.05) is 0 Å². The van der Waals surface area contributed by atoms with Crippen LogP contribution in [0.5, 0.6) is 0 Å². The number of aromatic nitrogens is 4. The Kier molecular flexibility index (Phi) is 1.61. The summed E-state index contributed by atoms with van der Waals surface area (Å²) >= 11 is 0. The van der Waals surface area contributed by atoms with Crippen molar-refractivity contribution in [3.8, 4) is 6.07 Å². The molecule has 0 spiro atoms. The van der Waals surface area contributed by atoms with E-state index in [1.807, 2.05) is 6.07 Å². The zero-order valence-corrected chi connectivity index (χ0v) is 6.75. The van der Waals surface area contributed by atoms with E-state index in [-0.39, 0.29) is 11.6 Å². The number of hydrogen-bond donors (Lipinski definition) is 1. The quantitative estimate of drug-likeness (QED) is 0.659. The average molecular weight is 189 g/mol. The largest absolute Gasteiger partial charge is 0.475 e. The summed E-state index contributed by atoms with van der Waals surface area (Å²) in [5, 5.41) is 20.7. The van der Waals surface area contributed by atoms with Gasteiger partial charge in [0, 0.05) is 0 Å². The van der Waals surface area contributed by atoms with Crippen LogP contribution in [-0.4, -0.2) is 30.7 Å². The number of carbonyl (C=O) groups is 1. The zero-order chi connectivity index (χ0) is 10.1. The van der Waals surface area contributed by atoms with E-state index in [0.29, 0.717) is 5.56 Å². The predicted molar refractivity (Wildman–Crippen MR) is 42.5 cm³/mol. The highest BCUT2D eigenvalue weighted by Crippen LogP contribution is 2.00. The number of rotatable bonds is 1. The Hall–Kier alpha value is -2.49. The first kappa shape index (κ1) is 8.12. The highest BCUT2D eigenvalue weighted by molar-refractivity contribution is 5.83. The average Bonchev–Trinajstić information content (AvgIpc) is 2.59. The first-order chi connectivity index (χ1) is 6.70. The fourth-order valence-corrected chi connectivity index (χ4v) is 0.930. The van der Waals surface area contributed by atoms with Crippen LogP contribution in [0.1, 0.15) is 16.2 Å². The van der Waals surface area contributed by atoms with Gasteiger partial charge in [0.05, 0.1) is 18.0 Å². The first-order valence-electron chi connectivity index (χ1n) is 3.56. The molecule has 0 saturated carbocycles. The van der Waals surface area contributed by atoms with Crippen molar-refractivity contribution < 1.29 is 9.90 Å². The predicted octanol–water partition coefficient (Wildman–Crippen LogP) is -0.306. The molecule has 14 heavy (non-hydrogen) atoms. The molecule has 0 bridgehead atoms. The molecule has 7 nitrogen and oxygen atoms in total. The highest BCUT2D eigenvalue weighted by atomic mass is 16.4. The molecule has 0 saturated heterocycles. The van der Waals surface area contributed by atoms with E-state index < -0.39 is 5.97 Å². The number of carboxylic acids is 1. The van der Waals surface area contributed by atoms with E-state index in [9.17, 15) is 4.79 Å². The molecule has 0 aliphatic heterocycles. The lowest BCUT2D eigenvalue weighted by Gasteiger charge is -1.88. The van der Waals surface area contributed by atoms with Gasteiger partial charge in [-0.1, -0.05) is 0 Å². The third-order valence-electron chi connectivity index (χ3n) is 1.51.